The predicted molar refractivity (Wildman–Crippen MR) is 88.9 cm³/mol. The highest BCUT2D eigenvalue weighted by molar-refractivity contribution is 9.11. The van der Waals surface area contributed by atoms with Crippen LogP contribution < -0.4 is 5.32 Å². The third kappa shape index (κ3) is 4.62. The molecule has 0 spiro atoms. The number of benzene rings is 1. The molecule has 1 heterocycles. The number of rotatable bonds is 5. The quantitative estimate of drug-likeness (QED) is 0.794. The Morgan fingerprint density at radius 3 is 2.70 bits per heavy atom. The molecular weight excluding hydrogens is 334 g/mol. The highest BCUT2D eigenvalue weighted by Crippen LogP contribution is 2.22. The number of carbonyl (C=O) groups excluding carboxylic acids is 1. The van der Waals surface area contributed by atoms with E-state index in [0.717, 1.165) is 8.66 Å². The van der Waals surface area contributed by atoms with Crippen molar-refractivity contribution in [2.24, 2.45) is 0 Å². The number of thiophene rings is 1. The maximum absolute atomic E-state index is 11.8. The van der Waals surface area contributed by atoms with E-state index in [4.69, 9.17) is 0 Å². The van der Waals surface area contributed by atoms with Crippen molar-refractivity contribution in [1.82, 2.24) is 5.32 Å². The van der Waals surface area contributed by atoms with Crippen LogP contribution >= 0.6 is 27.3 Å². The molecule has 1 aromatic carbocycles. The van der Waals surface area contributed by atoms with Gasteiger partial charge in [-0.3, -0.25) is 4.79 Å². The molecule has 4 heteroatoms. The highest BCUT2D eigenvalue weighted by atomic mass is 79.9. The van der Waals surface area contributed by atoms with E-state index in [0.29, 0.717) is 12.5 Å². The van der Waals surface area contributed by atoms with E-state index < -0.39 is 0 Å². The van der Waals surface area contributed by atoms with Gasteiger partial charge < -0.3 is 5.32 Å². The van der Waals surface area contributed by atoms with Crippen molar-refractivity contribution in [3.05, 3.63) is 62.8 Å². The SMILES string of the molecule is CC(CNC(=O)/C=C/c1ccc(Br)s1)c1ccccc1. The zero-order valence-corrected chi connectivity index (χ0v) is 13.6. The molecule has 1 atom stereocenters. The van der Waals surface area contributed by atoms with Gasteiger partial charge in [-0.05, 0) is 45.6 Å². The Bertz CT molecular complexity index is 592. The van der Waals surface area contributed by atoms with E-state index in [9.17, 15) is 4.79 Å². The van der Waals surface area contributed by atoms with Crippen molar-refractivity contribution in [3.63, 3.8) is 0 Å². The summed E-state index contributed by atoms with van der Waals surface area (Å²) in [4.78, 5) is 12.8. The van der Waals surface area contributed by atoms with E-state index in [1.54, 1.807) is 17.4 Å². The lowest BCUT2D eigenvalue weighted by molar-refractivity contribution is -0.116. The molecule has 0 bridgehead atoms. The van der Waals surface area contributed by atoms with Gasteiger partial charge >= 0.3 is 0 Å². The van der Waals surface area contributed by atoms with E-state index in [2.05, 4.69) is 40.3 Å². The second-order valence-electron chi connectivity index (χ2n) is 4.53. The van der Waals surface area contributed by atoms with E-state index >= 15 is 0 Å². The molecule has 20 heavy (non-hydrogen) atoms. The molecule has 0 radical (unpaired) electrons. The van der Waals surface area contributed by atoms with E-state index in [1.165, 1.54) is 5.56 Å². The lowest BCUT2D eigenvalue weighted by Crippen LogP contribution is -2.25. The van der Waals surface area contributed by atoms with Gasteiger partial charge in [-0.1, -0.05) is 37.3 Å². The summed E-state index contributed by atoms with van der Waals surface area (Å²) < 4.78 is 1.07. The van der Waals surface area contributed by atoms with Crippen LogP contribution in [-0.2, 0) is 4.79 Å². The Labute approximate surface area is 131 Å². The average Bonchev–Trinajstić information content (AvgIpc) is 2.89. The zero-order valence-electron chi connectivity index (χ0n) is 11.2. The van der Waals surface area contributed by atoms with Crippen LogP contribution in [0.2, 0.25) is 0 Å². The minimum Gasteiger partial charge on any atom is -0.352 e. The second kappa shape index (κ2) is 7.41. The monoisotopic (exact) mass is 349 g/mol. The molecule has 2 nitrogen and oxygen atoms in total. The Morgan fingerprint density at radius 2 is 2.05 bits per heavy atom. The van der Waals surface area contributed by atoms with Gasteiger partial charge in [0, 0.05) is 17.5 Å². The standard InChI is InChI=1S/C16H16BrNOS/c1-12(13-5-3-2-4-6-13)11-18-16(19)10-8-14-7-9-15(17)20-14/h2-10,12H,11H2,1H3,(H,18,19)/b10-8+. The molecule has 1 N–H and O–H groups in total. The summed E-state index contributed by atoms with van der Waals surface area (Å²) in [5.74, 6) is 0.252. The minimum atomic E-state index is -0.0581. The number of hydrogen-bond donors (Lipinski definition) is 1. The predicted octanol–water partition coefficient (Wildman–Crippen LogP) is 4.44. The summed E-state index contributed by atoms with van der Waals surface area (Å²) >= 11 is 5.00. The van der Waals surface area contributed by atoms with Crippen molar-refractivity contribution in [1.29, 1.82) is 0 Å². The first-order valence-electron chi connectivity index (χ1n) is 6.41. The van der Waals surface area contributed by atoms with Gasteiger partial charge in [-0.2, -0.15) is 0 Å². The van der Waals surface area contributed by atoms with Crippen LogP contribution in [0.3, 0.4) is 0 Å². The zero-order chi connectivity index (χ0) is 14.4. The minimum absolute atomic E-state index is 0.0581. The van der Waals surface area contributed by atoms with E-state index in [-0.39, 0.29) is 5.91 Å². The average molecular weight is 350 g/mol. The fourth-order valence-corrected chi connectivity index (χ4v) is 3.11. The molecule has 2 aromatic rings. The van der Waals surface area contributed by atoms with Gasteiger partial charge in [-0.15, -0.1) is 11.3 Å². The first kappa shape index (κ1) is 15.0. The molecule has 1 aromatic heterocycles. The van der Waals surface area contributed by atoms with Crippen LogP contribution in [0.5, 0.6) is 0 Å². The molecule has 1 unspecified atom stereocenters. The lowest BCUT2D eigenvalue weighted by atomic mass is 10.0. The summed E-state index contributed by atoms with van der Waals surface area (Å²) in [7, 11) is 0. The first-order chi connectivity index (χ1) is 9.65. The molecule has 1 amide bonds. The third-order valence-corrected chi connectivity index (χ3v) is 4.53. The number of amides is 1. The number of nitrogens with one attached hydrogen (secondary N) is 1. The molecule has 0 saturated carbocycles. The molecule has 0 aliphatic heterocycles. The van der Waals surface area contributed by atoms with Gasteiger partial charge in [0.25, 0.3) is 0 Å². The molecule has 0 aliphatic carbocycles. The summed E-state index contributed by atoms with van der Waals surface area (Å²) in [6, 6.07) is 14.1. The smallest absolute Gasteiger partial charge is 0.244 e. The van der Waals surface area contributed by atoms with Gasteiger partial charge in [0.05, 0.1) is 3.79 Å². The Hall–Kier alpha value is -1.39. The number of carbonyl (C=O) groups is 1. The maximum atomic E-state index is 11.8. The Balaban J connectivity index is 1.82. The van der Waals surface area contributed by atoms with Crippen LogP contribution in [0.25, 0.3) is 6.08 Å². The molecule has 2 rings (SSSR count). The van der Waals surface area contributed by atoms with Crippen molar-refractivity contribution in [2.45, 2.75) is 12.8 Å². The second-order valence-corrected chi connectivity index (χ2v) is 7.03. The summed E-state index contributed by atoms with van der Waals surface area (Å²) in [5.41, 5.74) is 1.24. The number of hydrogen-bond acceptors (Lipinski definition) is 2. The fourth-order valence-electron chi connectivity index (χ4n) is 1.79. The normalized spacial score (nSPS) is 12.5. The van der Waals surface area contributed by atoms with Gasteiger partial charge in [0.2, 0.25) is 5.91 Å². The first-order valence-corrected chi connectivity index (χ1v) is 8.02. The van der Waals surface area contributed by atoms with Crippen LogP contribution in [0, 0.1) is 0 Å². The van der Waals surface area contributed by atoms with Crippen LogP contribution in [-0.4, -0.2) is 12.5 Å². The number of halogens is 1. The Morgan fingerprint density at radius 1 is 1.30 bits per heavy atom. The molecule has 0 aliphatic rings. The third-order valence-electron chi connectivity index (χ3n) is 2.94. The maximum Gasteiger partial charge on any atom is 0.244 e. The molecule has 0 saturated heterocycles. The van der Waals surface area contributed by atoms with Gasteiger partial charge in [0.1, 0.15) is 0 Å². The van der Waals surface area contributed by atoms with Crippen molar-refractivity contribution >= 4 is 39.2 Å². The molecule has 104 valence electrons. The van der Waals surface area contributed by atoms with E-state index in [1.807, 2.05) is 36.4 Å². The lowest BCUT2D eigenvalue weighted by Gasteiger charge is -2.11. The largest absolute Gasteiger partial charge is 0.352 e. The van der Waals surface area contributed by atoms with Gasteiger partial charge in [-0.25, -0.2) is 0 Å². The van der Waals surface area contributed by atoms with Crippen LogP contribution in [0.4, 0.5) is 0 Å². The van der Waals surface area contributed by atoms with Crippen LogP contribution in [0.1, 0.15) is 23.3 Å². The molecular formula is C16H16BrNOS. The van der Waals surface area contributed by atoms with Crippen LogP contribution in [0.15, 0.2) is 52.3 Å². The van der Waals surface area contributed by atoms with Gasteiger partial charge in [0.15, 0.2) is 0 Å². The highest BCUT2D eigenvalue weighted by Gasteiger charge is 2.05. The summed E-state index contributed by atoms with van der Waals surface area (Å²) in [6.07, 6.45) is 3.41. The fraction of sp³-hybridized carbons (Fsp3) is 0.188. The van der Waals surface area contributed by atoms with Crippen molar-refractivity contribution < 1.29 is 4.79 Å². The summed E-state index contributed by atoms with van der Waals surface area (Å²) in [6.45, 7) is 2.75. The summed E-state index contributed by atoms with van der Waals surface area (Å²) in [5, 5.41) is 2.93. The van der Waals surface area contributed by atoms with Crippen molar-refractivity contribution in [2.75, 3.05) is 6.54 Å². The topological polar surface area (TPSA) is 29.1 Å². The molecule has 0 fully saturated rings. The van der Waals surface area contributed by atoms with Crippen molar-refractivity contribution in [3.8, 4) is 0 Å². The Kier molecular flexibility index (Phi) is 5.56.